The van der Waals surface area contributed by atoms with Gasteiger partial charge in [0.05, 0.1) is 38.0 Å². The Kier molecular flexibility index (Phi) is 8.83. The maximum absolute atomic E-state index is 13.3. The number of halogens is 2. The van der Waals surface area contributed by atoms with Crippen molar-refractivity contribution in [3.05, 3.63) is 52.8 Å². The van der Waals surface area contributed by atoms with Gasteiger partial charge >= 0.3 is 12.1 Å². The Balaban J connectivity index is 1.75. The number of aryl methyl sites for hydroxylation is 1. The number of benzene rings is 1. The van der Waals surface area contributed by atoms with E-state index in [9.17, 15) is 23.5 Å². The van der Waals surface area contributed by atoms with E-state index in [0.29, 0.717) is 36.6 Å². The lowest BCUT2D eigenvalue weighted by Crippen LogP contribution is -2.49. The molecule has 1 aliphatic heterocycles. The molecule has 0 spiro atoms. The number of ether oxygens (including phenoxy) is 3. The highest BCUT2D eigenvalue weighted by Gasteiger charge is 2.33. The van der Waals surface area contributed by atoms with Gasteiger partial charge < -0.3 is 19.3 Å². The van der Waals surface area contributed by atoms with Gasteiger partial charge in [-0.15, -0.1) is 0 Å². The molecule has 3 heterocycles. The van der Waals surface area contributed by atoms with Gasteiger partial charge in [-0.3, -0.25) is 14.4 Å². The van der Waals surface area contributed by atoms with Gasteiger partial charge in [0.15, 0.2) is 0 Å². The highest BCUT2D eigenvalue weighted by molar-refractivity contribution is 5.95. The number of pyridine rings is 1. The lowest BCUT2D eigenvalue weighted by atomic mass is 10.0. The van der Waals surface area contributed by atoms with E-state index in [1.165, 1.54) is 17.7 Å². The van der Waals surface area contributed by atoms with Gasteiger partial charge in [0, 0.05) is 43.3 Å². The summed E-state index contributed by atoms with van der Waals surface area (Å²) >= 11 is 0. The van der Waals surface area contributed by atoms with Crippen LogP contribution in [-0.2, 0) is 16.0 Å². The molecule has 1 N–H and O–H groups in total. The van der Waals surface area contributed by atoms with E-state index in [-0.39, 0.29) is 12.1 Å². The molecule has 1 saturated heterocycles. The topological polar surface area (TPSA) is 106 Å². The Morgan fingerprint density at radius 2 is 1.90 bits per heavy atom. The van der Waals surface area contributed by atoms with Crippen molar-refractivity contribution in [2.45, 2.75) is 52.3 Å². The maximum atomic E-state index is 13.3. The van der Waals surface area contributed by atoms with E-state index in [2.05, 4.69) is 9.88 Å². The number of alkyl halides is 2. The van der Waals surface area contributed by atoms with Gasteiger partial charge in [0.25, 0.3) is 6.43 Å². The van der Waals surface area contributed by atoms with E-state index in [4.69, 9.17) is 14.2 Å². The molecule has 0 amide bonds. The molecule has 2 aromatic heterocycles. The summed E-state index contributed by atoms with van der Waals surface area (Å²) in [5.74, 6) is -0.616. The van der Waals surface area contributed by atoms with Crippen molar-refractivity contribution in [2.75, 3.05) is 40.4 Å². The minimum Gasteiger partial charge on any atom is -0.496 e. The van der Waals surface area contributed by atoms with Crippen LogP contribution in [-0.4, -0.2) is 88.9 Å². The molecule has 0 saturated carbocycles. The summed E-state index contributed by atoms with van der Waals surface area (Å²) in [7, 11) is 2.77. The summed E-state index contributed by atoms with van der Waals surface area (Å²) in [5, 5.41) is 11.3. The molecule has 0 radical (unpaired) electrons. The van der Waals surface area contributed by atoms with Crippen LogP contribution in [0.5, 0.6) is 11.6 Å². The number of aromatic hydroxyl groups is 1. The van der Waals surface area contributed by atoms with Gasteiger partial charge in [-0.2, -0.15) is 0 Å². The largest absolute Gasteiger partial charge is 0.496 e. The quantitative estimate of drug-likeness (QED) is 0.400. The summed E-state index contributed by atoms with van der Waals surface area (Å²) in [6.07, 6.45) is -1.34. The fourth-order valence-corrected chi connectivity index (χ4v) is 5.20. The Hall–Kier alpha value is -3.77. The van der Waals surface area contributed by atoms with Crippen LogP contribution >= 0.6 is 0 Å². The summed E-state index contributed by atoms with van der Waals surface area (Å²) in [6, 6.07) is 6.21. The van der Waals surface area contributed by atoms with E-state index in [0.717, 1.165) is 16.5 Å². The number of hydrogen-bond donors (Lipinski definition) is 1. The zero-order chi connectivity index (χ0) is 30.1. The number of carbonyl (C=O) groups is 2. The predicted octanol–water partition coefficient (Wildman–Crippen LogP) is 4.75. The summed E-state index contributed by atoms with van der Waals surface area (Å²) in [5.41, 5.74) is 1.96. The molecule has 222 valence electrons. The average Bonchev–Trinajstić information content (AvgIpc) is 3.35. The Morgan fingerprint density at radius 3 is 2.51 bits per heavy atom. The van der Waals surface area contributed by atoms with E-state index in [1.807, 2.05) is 19.1 Å². The number of piperazine rings is 1. The third-order valence-corrected chi connectivity index (χ3v) is 7.02. The van der Waals surface area contributed by atoms with Crippen molar-refractivity contribution in [1.82, 2.24) is 19.4 Å². The summed E-state index contributed by atoms with van der Waals surface area (Å²) < 4.78 is 44.1. The normalized spacial score (nSPS) is 16.8. The van der Waals surface area contributed by atoms with Crippen LogP contribution in [0.2, 0.25) is 0 Å². The third-order valence-electron chi connectivity index (χ3n) is 7.02. The Labute approximate surface area is 237 Å². The SMILES string of the molecule is COC(=O)c1ccc([C@H]2CN(CC(F)F)CCN2Cc2c(OC)cc(C)c3c2ccn3C(=O)OC(C)(C)C)nc1O. The number of esters is 1. The molecule has 0 aliphatic carbocycles. The molecule has 12 heteroatoms. The number of rotatable bonds is 7. The lowest BCUT2D eigenvalue weighted by molar-refractivity contribution is 0.0231. The van der Waals surface area contributed by atoms with Crippen LogP contribution in [0.1, 0.15) is 54.0 Å². The molecule has 1 fully saturated rings. The Bertz CT molecular complexity index is 1430. The first-order chi connectivity index (χ1) is 19.3. The Morgan fingerprint density at radius 1 is 1.17 bits per heavy atom. The molecule has 10 nitrogen and oxygen atoms in total. The fourth-order valence-electron chi connectivity index (χ4n) is 5.20. The standard InChI is InChI=1S/C29H36F2N4O6/c1-17-13-23(39-5)20(18-9-10-35(25(17)18)28(38)41-29(2,3)4)14-34-12-11-33(16-24(30)31)15-22(34)21-8-7-19(26(36)32-21)27(37)40-6/h7-10,13,22,24H,11-12,14-16H2,1-6H3,(H,32,36)/t22-/m1/s1. The maximum Gasteiger partial charge on any atom is 0.419 e. The molecule has 1 aromatic carbocycles. The van der Waals surface area contributed by atoms with Crippen LogP contribution in [0.25, 0.3) is 10.9 Å². The third kappa shape index (κ3) is 6.59. The van der Waals surface area contributed by atoms with Crippen LogP contribution < -0.4 is 4.74 Å². The first-order valence-corrected chi connectivity index (χ1v) is 13.3. The van der Waals surface area contributed by atoms with Crippen LogP contribution in [0, 0.1) is 6.92 Å². The molecule has 41 heavy (non-hydrogen) atoms. The van der Waals surface area contributed by atoms with Crippen molar-refractivity contribution in [3.8, 4) is 11.6 Å². The number of carbonyl (C=O) groups excluding carboxylic acids is 2. The number of nitrogens with zero attached hydrogens (tertiary/aromatic N) is 4. The van der Waals surface area contributed by atoms with Gasteiger partial charge in [-0.25, -0.2) is 23.4 Å². The minimum absolute atomic E-state index is 0.0894. The minimum atomic E-state index is -2.50. The average molecular weight is 575 g/mol. The molecular weight excluding hydrogens is 538 g/mol. The summed E-state index contributed by atoms with van der Waals surface area (Å²) in [6.45, 7) is 8.27. The molecular formula is C29H36F2N4O6. The van der Waals surface area contributed by atoms with Gasteiger partial charge in [0.1, 0.15) is 16.9 Å². The van der Waals surface area contributed by atoms with Crippen LogP contribution in [0.4, 0.5) is 13.6 Å². The van der Waals surface area contributed by atoms with Gasteiger partial charge in [0.2, 0.25) is 5.88 Å². The predicted molar refractivity (Wildman–Crippen MR) is 148 cm³/mol. The fraction of sp³-hybridized carbons (Fsp3) is 0.483. The van der Waals surface area contributed by atoms with Crippen LogP contribution in [0.3, 0.4) is 0 Å². The molecule has 0 unspecified atom stereocenters. The highest BCUT2D eigenvalue weighted by atomic mass is 19.3. The number of methoxy groups -OCH3 is 2. The second-order valence-electron chi connectivity index (χ2n) is 11.0. The molecule has 3 aromatic rings. The van der Waals surface area contributed by atoms with E-state index in [1.54, 1.807) is 45.0 Å². The van der Waals surface area contributed by atoms with E-state index < -0.39 is 42.6 Å². The second kappa shape index (κ2) is 12.0. The van der Waals surface area contributed by atoms with Crippen molar-refractivity contribution in [3.63, 3.8) is 0 Å². The molecule has 1 atom stereocenters. The first-order valence-electron chi connectivity index (χ1n) is 13.3. The van der Waals surface area contributed by atoms with Crippen molar-refractivity contribution in [2.24, 2.45) is 0 Å². The van der Waals surface area contributed by atoms with Gasteiger partial charge in [-0.1, -0.05) is 0 Å². The molecule has 4 rings (SSSR count). The zero-order valence-corrected chi connectivity index (χ0v) is 24.1. The summed E-state index contributed by atoms with van der Waals surface area (Å²) in [4.78, 5) is 33.0. The number of hydrogen-bond acceptors (Lipinski definition) is 9. The van der Waals surface area contributed by atoms with Crippen molar-refractivity contribution >= 4 is 23.0 Å². The highest BCUT2D eigenvalue weighted by Crippen LogP contribution is 2.36. The zero-order valence-electron chi connectivity index (χ0n) is 24.1. The number of aromatic nitrogens is 2. The van der Waals surface area contributed by atoms with Crippen LogP contribution in [0.15, 0.2) is 30.5 Å². The van der Waals surface area contributed by atoms with Crippen molar-refractivity contribution < 1.29 is 37.7 Å². The number of fused-ring (bicyclic) bond motifs is 1. The monoisotopic (exact) mass is 574 g/mol. The second-order valence-corrected chi connectivity index (χ2v) is 11.0. The van der Waals surface area contributed by atoms with Gasteiger partial charge in [-0.05, 0) is 57.5 Å². The first kappa shape index (κ1) is 30.2. The molecule has 0 bridgehead atoms. The molecule has 1 aliphatic rings. The van der Waals surface area contributed by atoms with Crippen molar-refractivity contribution in [1.29, 1.82) is 0 Å². The smallest absolute Gasteiger partial charge is 0.419 e. The van der Waals surface area contributed by atoms with E-state index >= 15 is 0 Å². The lowest BCUT2D eigenvalue weighted by Gasteiger charge is -2.41.